The molecule has 2 N–H and O–H groups in total. The van der Waals surface area contributed by atoms with Gasteiger partial charge in [-0.05, 0) is 30.3 Å². The Morgan fingerprint density at radius 1 is 1.18 bits per heavy atom. The maximum Gasteiger partial charge on any atom is 0.345 e. The Bertz CT molecular complexity index is 1060. The molecule has 0 spiro atoms. The van der Waals surface area contributed by atoms with Crippen LogP contribution in [0.3, 0.4) is 0 Å². The lowest BCUT2D eigenvalue weighted by Crippen LogP contribution is -2.43. The van der Waals surface area contributed by atoms with E-state index >= 15 is 0 Å². The summed E-state index contributed by atoms with van der Waals surface area (Å²) in [7, 11) is 0. The maximum atomic E-state index is 12.7. The molecule has 1 saturated heterocycles. The lowest BCUT2D eigenvalue weighted by Gasteiger charge is -2.26. The minimum absolute atomic E-state index is 0.0567. The number of nitrogens with zero attached hydrogens (tertiary/aromatic N) is 3. The molecule has 1 aromatic heterocycles. The lowest BCUT2D eigenvalue weighted by atomic mass is 10.1. The van der Waals surface area contributed by atoms with Gasteiger partial charge in [0.05, 0.1) is 36.2 Å². The van der Waals surface area contributed by atoms with Gasteiger partial charge in [-0.2, -0.15) is 9.78 Å². The van der Waals surface area contributed by atoms with Crippen molar-refractivity contribution in [2.75, 3.05) is 31.6 Å². The van der Waals surface area contributed by atoms with Crippen LogP contribution in [0, 0.1) is 0 Å². The number of ether oxygens (including phenoxy) is 1. The first-order valence-corrected chi connectivity index (χ1v) is 9.06. The second kappa shape index (κ2) is 7.49. The van der Waals surface area contributed by atoms with Crippen LogP contribution in [0.1, 0.15) is 10.4 Å². The van der Waals surface area contributed by atoms with Crippen molar-refractivity contribution in [1.82, 2.24) is 14.7 Å². The fourth-order valence-corrected chi connectivity index (χ4v) is 3.25. The van der Waals surface area contributed by atoms with E-state index in [1.807, 2.05) is 0 Å². The molecular weight excluding hydrogens is 384 g/mol. The van der Waals surface area contributed by atoms with Gasteiger partial charge in [0.2, 0.25) is 0 Å². The van der Waals surface area contributed by atoms with E-state index in [9.17, 15) is 14.7 Å². The van der Waals surface area contributed by atoms with Crippen molar-refractivity contribution in [3.05, 3.63) is 53.2 Å². The summed E-state index contributed by atoms with van der Waals surface area (Å²) < 4.78 is 6.59. The van der Waals surface area contributed by atoms with Crippen molar-refractivity contribution in [2.24, 2.45) is 0 Å². The molecule has 0 atom stereocenters. The molecule has 0 bridgehead atoms. The van der Waals surface area contributed by atoms with Gasteiger partial charge in [-0.15, -0.1) is 0 Å². The van der Waals surface area contributed by atoms with Gasteiger partial charge in [-0.3, -0.25) is 4.79 Å². The number of phenols is 1. The van der Waals surface area contributed by atoms with E-state index in [0.29, 0.717) is 47.9 Å². The number of hydrogen-bond acceptors (Lipinski definition) is 5. The van der Waals surface area contributed by atoms with Crippen molar-refractivity contribution in [2.45, 2.75) is 0 Å². The summed E-state index contributed by atoms with van der Waals surface area (Å²) in [6.07, 6.45) is 1.53. The molecule has 1 aliphatic heterocycles. The molecule has 2 heterocycles. The van der Waals surface area contributed by atoms with Gasteiger partial charge < -0.3 is 20.1 Å². The molecule has 9 heteroatoms. The van der Waals surface area contributed by atoms with Crippen LogP contribution in [0.4, 0.5) is 10.5 Å². The molecule has 3 aromatic rings. The number of aromatic nitrogens is 2. The molecule has 28 heavy (non-hydrogen) atoms. The highest BCUT2D eigenvalue weighted by molar-refractivity contribution is 6.31. The number of morpholine rings is 1. The zero-order valence-corrected chi connectivity index (χ0v) is 15.5. The molecule has 0 saturated carbocycles. The van der Waals surface area contributed by atoms with Gasteiger partial charge >= 0.3 is 6.03 Å². The fourth-order valence-electron chi connectivity index (χ4n) is 3.08. The quantitative estimate of drug-likeness (QED) is 0.689. The SMILES string of the molecule is O=C(Nc1cccc2c1cnn2C(=O)N1CCOCC1)c1cc(Cl)ccc1O. The van der Waals surface area contributed by atoms with E-state index in [4.69, 9.17) is 16.3 Å². The van der Waals surface area contributed by atoms with Crippen LogP contribution in [0.25, 0.3) is 10.9 Å². The molecule has 144 valence electrons. The Hall–Kier alpha value is -3.10. The van der Waals surface area contributed by atoms with Gasteiger partial charge in [-0.25, -0.2) is 4.79 Å². The van der Waals surface area contributed by atoms with Crippen LogP contribution in [-0.4, -0.2) is 58.0 Å². The van der Waals surface area contributed by atoms with Crippen molar-refractivity contribution in [3.8, 4) is 5.75 Å². The molecule has 8 nitrogen and oxygen atoms in total. The number of phenolic OH excluding ortho intramolecular Hbond substituents is 1. The Morgan fingerprint density at radius 2 is 1.96 bits per heavy atom. The predicted molar refractivity (Wildman–Crippen MR) is 104 cm³/mol. The standard InChI is InChI=1S/C19H17ClN4O4/c20-12-4-5-17(25)13(10-12)18(26)22-15-2-1-3-16-14(15)11-21-24(16)19(27)23-6-8-28-9-7-23/h1-5,10-11,25H,6-9H2,(H,22,26). The number of rotatable bonds is 2. The van der Waals surface area contributed by atoms with Crippen LogP contribution >= 0.6 is 11.6 Å². The van der Waals surface area contributed by atoms with Gasteiger partial charge in [0.1, 0.15) is 5.75 Å². The highest BCUT2D eigenvalue weighted by Gasteiger charge is 2.22. The van der Waals surface area contributed by atoms with Gasteiger partial charge in [0.25, 0.3) is 5.91 Å². The number of nitrogens with one attached hydrogen (secondary N) is 1. The Morgan fingerprint density at radius 3 is 2.75 bits per heavy atom. The van der Waals surface area contributed by atoms with Gasteiger partial charge in [0.15, 0.2) is 0 Å². The van der Waals surface area contributed by atoms with Crippen LogP contribution in [0.15, 0.2) is 42.6 Å². The molecule has 1 fully saturated rings. The number of aromatic hydroxyl groups is 1. The average Bonchev–Trinajstić information content (AvgIpc) is 3.15. The smallest absolute Gasteiger partial charge is 0.345 e. The summed E-state index contributed by atoms with van der Waals surface area (Å²) in [6.45, 7) is 2.00. The first-order chi connectivity index (χ1) is 13.5. The average molecular weight is 401 g/mol. The largest absolute Gasteiger partial charge is 0.507 e. The zero-order chi connectivity index (χ0) is 19.7. The first-order valence-electron chi connectivity index (χ1n) is 8.68. The number of amides is 2. The second-order valence-corrected chi connectivity index (χ2v) is 6.73. The minimum Gasteiger partial charge on any atom is -0.507 e. The van der Waals surface area contributed by atoms with Crippen LogP contribution in [0.5, 0.6) is 5.75 Å². The molecule has 1 aliphatic rings. The van der Waals surface area contributed by atoms with E-state index in [-0.39, 0.29) is 17.3 Å². The molecule has 2 aromatic carbocycles. The number of fused-ring (bicyclic) bond motifs is 1. The van der Waals surface area contributed by atoms with Crippen molar-refractivity contribution in [1.29, 1.82) is 0 Å². The molecule has 4 rings (SSSR count). The molecular formula is C19H17ClN4O4. The third kappa shape index (κ3) is 3.39. The van der Waals surface area contributed by atoms with Crippen LogP contribution in [-0.2, 0) is 4.74 Å². The van der Waals surface area contributed by atoms with E-state index in [1.54, 1.807) is 23.1 Å². The second-order valence-electron chi connectivity index (χ2n) is 6.29. The fraction of sp³-hybridized carbons (Fsp3) is 0.211. The van der Waals surface area contributed by atoms with Crippen molar-refractivity contribution >= 4 is 40.1 Å². The van der Waals surface area contributed by atoms with Crippen LogP contribution in [0.2, 0.25) is 5.02 Å². The molecule has 0 radical (unpaired) electrons. The molecule has 0 unspecified atom stereocenters. The summed E-state index contributed by atoms with van der Waals surface area (Å²) in [5.41, 5.74) is 1.11. The van der Waals surface area contributed by atoms with E-state index in [1.165, 1.54) is 29.1 Å². The Balaban J connectivity index is 1.64. The predicted octanol–water partition coefficient (Wildman–Crippen LogP) is 2.95. The lowest BCUT2D eigenvalue weighted by molar-refractivity contribution is 0.0531. The third-order valence-electron chi connectivity index (χ3n) is 4.53. The maximum absolute atomic E-state index is 12.7. The van der Waals surface area contributed by atoms with E-state index in [2.05, 4.69) is 10.4 Å². The van der Waals surface area contributed by atoms with Crippen molar-refractivity contribution in [3.63, 3.8) is 0 Å². The van der Waals surface area contributed by atoms with E-state index < -0.39 is 5.91 Å². The van der Waals surface area contributed by atoms with Gasteiger partial charge in [-0.1, -0.05) is 17.7 Å². The summed E-state index contributed by atoms with van der Waals surface area (Å²) in [4.78, 5) is 27.0. The minimum atomic E-state index is -0.514. The number of hydrogen-bond donors (Lipinski definition) is 2. The molecule has 2 amide bonds. The highest BCUT2D eigenvalue weighted by Crippen LogP contribution is 2.27. The number of carbonyl (C=O) groups is 2. The summed E-state index contributed by atoms with van der Waals surface area (Å²) >= 11 is 5.92. The third-order valence-corrected chi connectivity index (χ3v) is 4.76. The summed E-state index contributed by atoms with van der Waals surface area (Å²) in [5, 5.41) is 17.8. The molecule has 0 aliphatic carbocycles. The van der Waals surface area contributed by atoms with Gasteiger partial charge in [0, 0.05) is 23.5 Å². The number of benzene rings is 2. The normalized spacial score (nSPS) is 14.2. The Kier molecular flexibility index (Phi) is 4.89. The Labute approximate surface area is 165 Å². The summed E-state index contributed by atoms with van der Waals surface area (Å²) in [6, 6.07) is 9.18. The summed E-state index contributed by atoms with van der Waals surface area (Å²) in [5.74, 6) is -0.688. The number of halogens is 1. The monoisotopic (exact) mass is 400 g/mol. The van der Waals surface area contributed by atoms with E-state index in [0.717, 1.165) is 0 Å². The topological polar surface area (TPSA) is 96.7 Å². The first kappa shape index (κ1) is 18.3. The number of anilines is 1. The number of carbonyl (C=O) groups excluding carboxylic acids is 2. The van der Waals surface area contributed by atoms with Crippen molar-refractivity contribution < 1.29 is 19.4 Å². The van der Waals surface area contributed by atoms with Crippen LogP contribution < -0.4 is 5.32 Å². The zero-order valence-electron chi connectivity index (χ0n) is 14.8. The highest BCUT2D eigenvalue weighted by atomic mass is 35.5.